The highest BCUT2D eigenvalue weighted by Crippen LogP contribution is 2.39. The molecule has 1 atom stereocenters. The molecule has 2 heterocycles. The Hall–Kier alpha value is -3.40. The number of H-pyrrole nitrogens is 1. The zero-order valence-electron chi connectivity index (χ0n) is 27.5. The molecule has 0 saturated carbocycles. The van der Waals surface area contributed by atoms with Crippen LogP contribution in [0.2, 0.25) is 10.0 Å². The van der Waals surface area contributed by atoms with Crippen molar-refractivity contribution in [3.8, 4) is 0 Å². The van der Waals surface area contributed by atoms with Crippen LogP contribution in [0.1, 0.15) is 63.6 Å². The lowest BCUT2D eigenvalue weighted by Gasteiger charge is -2.26. The largest absolute Gasteiger partial charge is 0.460 e. The SMILES string of the molecule is CCS(=O)(=O)c1ccc(Cl)cc1Cn1c(=O)[nH]c2c(Cl)c(CN3CC[C@@H](N(C)C(=O)CCC(=O)OC(C)(C)C)C3)c(C(F)(F)F)cc2c1=O. The van der Waals surface area contributed by atoms with Crippen molar-refractivity contribution >= 4 is 55.8 Å². The van der Waals surface area contributed by atoms with Gasteiger partial charge in [-0.2, -0.15) is 13.2 Å². The predicted molar refractivity (Wildman–Crippen MR) is 179 cm³/mol. The molecule has 1 aliphatic heterocycles. The van der Waals surface area contributed by atoms with Crippen LogP contribution >= 0.6 is 23.2 Å². The Morgan fingerprint density at radius 2 is 1.76 bits per heavy atom. The summed E-state index contributed by atoms with van der Waals surface area (Å²) in [6, 6.07) is 4.13. The van der Waals surface area contributed by atoms with Gasteiger partial charge in [0.1, 0.15) is 5.60 Å². The van der Waals surface area contributed by atoms with Crippen LogP contribution in [-0.2, 0) is 43.4 Å². The second-order valence-corrected chi connectivity index (χ2v) is 15.9. The molecule has 4 rings (SSSR count). The monoisotopic (exact) mass is 748 g/mol. The van der Waals surface area contributed by atoms with Crippen LogP contribution in [0.3, 0.4) is 0 Å². The molecule has 0 aliphatic carbocycles. The summed E-state index contributed by atoms with van der Waals surface area (Å²) >= 11 is 12.6. The van der Waals surface area contributed by atoms with Crippen molar-refractivity contribution < 1.29 is 35.9 Å². The molecular weight excluding hydrogens is 712 g/mol. The number of esters is 1. The van der Waals surface area contributed by atoms with Crippen molar-refractivity contribution in [2.45, 2.75) is 82.8 Å². The molecule has 49 heavy (non-hydrogen) atoms. The van der Waals surface area contributed by atoms with Crippen LogP contribution in [0.25, 0.3) is 10.9 Å². The molecule has 17 heteroatoms. The fraction of sp³-hybridized carbons (Fsp3) is 0.500. The Morgan fingerprint density at radius 1 is 1.08 bits per heavy atom. The maximum Gasteiger partial charge on any atom is 0.416 e. The maximum atomic E-state index is 14.5. The number of aromatic nitrogens is 2. The van der Waals surface area contributed by atoms with E-state index in [-0.39, 0.29) is 70.2 Å². The summed E-state index contributed by atoms with van der Waals surface area (Å²) in [6.45, 7) is 6.20. The fourth-order valence-corrected chi connectivity index (χ4v) is 7.34. The summed E-state index contributed by atoms with van der Waals surface area (Å²) in [7, 11) is -2.25. The first-order chi connectivity index (χ1) is 22.6. The van der Waals surface area contributed by atoms with E-state index in [0.717, 1.165) is 0 Å². The molecule has 0 unspecified atom stereocenters. The lowest BCUT2D eigenvalue weighted by molar-refractivity contribution is -0.156. The van der Waals surface area contributed by atoms with Crippen LogP contribution < -0.4 is 11.2 Å². The first-order valence-corrected chi connectivity index (χ1v) is 17.8. The van der Waals surface area contributed by atoms with Crippen LogP contribution in [0.5, 0.6) is 0 Å². The van der Waals surface area contributed by atoms with Gasteiger partial charge in [-0.25, -0.2) is 13.2 Å². The number of halogens is 5. The van der Waals surface area contributed by atoms with Crippen LogP contribution in [0, 0.1) is 0 Å². The smallest absolute Gasteiger partial charge is 0.416 e. The van der Waals surface area contributed by atoms with Gasteiger partial charge in [0.2, 0.25) is 5.91 Å². The van der Waals surface area contributed by atoms with E-state index in [1.807, 2.05) is 0 Å². The Kier molecular flexibility index (Phi) is 11.3. The van der Waals surface area contributed by atoms with Gasteiger partial charge in [0.25, 0.3) is 5.56 Å². The molecule has 268 valence electrons. The predicted octanol–water partition coefficient (Wildman–Crippen LogP) is 5.01. The van der Waals surface area contributed by atoms with Gasteiger partial charge < -0.3 is 14.6 Å². The standard InChI is InChI=1S/C32H37Cl2F3N4O7S/c1-6-49(46,47)24-8-7-19(33)13-18(24)15-41-29(44)21-14-23(32(35,36)37)22(27(34)28(21)38-30(41)45)17-40-12-11-20(16-40)39(5)25(42)9-10-26(43)48-31(2,3)4/h7-8,13-14,20H,6,9-12,15-17H2,1-5H3,(H,38,45)/t20-/m1/s1. The number of nitrogens with zero attached hydrogens (tertiary/aromatic N) is 3. The number of hydrogen-bond donors (Lipinski definition) is 1. The highest BCUT2D eigenvalue weighted by atomic mass is 35.5. The maximum absolute atomic E-state index is 14.5. The average molecular weight is 750 g/mol. The quantitative estimate of drug-likeness (QED) is 0.286. The van der Waals surface area contributed by atoms with Gasteiger partial charge in [-0.05, 0) is 62.6 Å². The number of carbonyl (C=O) groups is 2. The number of hydrogen-bond acceptors (Lipinski definition) is 8. The highest BCUT2D eigenvalue weighted by molar-refractivity contribution is 7.91. The molecule has 0 radical (unpaired) electrons. The average Bonchev–Trinajstić information content (AvgIpc) is 3.46. The lowest BCUT2D eigenvalue weighted by atomic mass is 10.0. The van der Waals surface area contributed by atoms with E-state index < -0.39 is 61.3 Å². The molecule has 0 bridgehead atoms. The fourth-order valence-electron chi connectivity index (χ4n) is 5.72. The van der Waals surface area contributed by atoms with Gasteiger partial charge >= 0.3 is 17.8 Å². The van der Waals surface area contributed by atoms with Crippen LogP contribution in [-0.4, -0.2) is 77.2 Å². The van der Waals surface area contributed by atoms with Crippen molar-refractivity contribution in [3.63, 3.8) is 0 Å². The normalized spacial score (nSPS) is 15.9. The number of alkyl halides is 3. The number of aromatic amines is 1. The second kappa shape index (κ2) is 14.4. The van der Waals surface area contributed by atoms with Gasteiger partial charge in [0.15, 0.2) is 9.84 Å². The van der Waals surface area contributed by atoms with Gasteiger partial charge in [-0.15, -0.1) is 0 Å². The van der Waals surface area contributed by atoms with Crippen molar-refractivity contribution in [3.05, 3.63) is 71.8 Å². The number of carbonyl (C=O) groups excluding carboxylic acids is 2. The molecule has 1 aliphatic rings. The molecule has 2 aromatic carbocycles. The van der Waals surface area contributed by atoms with Crippen molar-refractivity contribution in [1.29, 1.82) is 0 Å². The van der Waals surface area contributed by atoms with Gasteiger partial charge in [0.05, 0.1) is 45.1 Å². The van der Waals surface area contributed by atoms with E-state index in [9.17, 15) is 40.8 Å². The number of benzene rings is 2. The van der Waals surface area contributed by atoms with E-state index in [1.54, 1.807) is 32.7 Å². The zero-order valence-corrected chi connectivity index (χ0v) is 29.9. The molecule has 1 aromatic heterocycles. The Labute approximate surface area is 290 Å². The Bertz CT molecular complexity index is 2010. The molecular formula is C32H37Cl2F3N4O7S. The summed E-state index contributed by atoms with van der Waals surface area (Å²) in [4.78, 5) is 57.0. The second-order valence-electron chi connectivity index (χ2n) is 12.9. The molecule has 0 spiro atoms. The molecule has 11 nitrogen and oxygen atoms in total. The molecule has 1 saturated heterocycles. The molecule has 1 fully saturated rings. The van der Waals surface area contributed by atoms with Crippen LogP contribution in [0.4, 0.5) is 13.2 Å². The number of amides is 1. The highest BCUT2D eigenvalue weighted by Gasteiger charge is 2.38. The lowest BCUT2D eigenvalue weighted by Crippen LogP contribution is -2.39. The number of fused-ring (bicyclic) bond motifs is 1. The van der Waals surface area contributed by atoms with E-state index in [1.165, 1.54) is 30.0 Å². The minimum atomic E-state index is -4.94. The molecule has 1 N–H and O–H groups in total. The number of likely N-dealkylation sites (tertiary alicyclic amines) is 1. The number of likely N-dealkylation sites (N-methyl/N-ethyl adjacent to an activating group) is 1. The number of rotatable bonds is 10. The van der Waals surface area contributed by atoms with Gasteiger partial charge in [-0.3, -0.25) is 23.9 Å². The summed E-state index contributed by atoms with van der Waals surface area (Å²) in [5, 5.41) is -0.853. The third-order valence-electron chi connectivity index (χ3n) is 8.23. The van der Waals surface area contributed by atoms with Gasteiger partial charge in [-0.1, -0.05) is 30.1 Å². The van der Waals surface area contributed by atoms with Crippen molar-refractivity contribution in [2.24, 2.45) is 0 Å². The minimum absolute atomic E-state index is 0.0111. The zero-order chi connectivity index (χ0) is 36.6. The van der Waals surface area contributed by atoms with Crippen molar-refractivity contribution in [2.75, 3.05) is 25.9 Å². The van der Waals surface area contributed by atoms with Crippen LogP contribution in [0.15, 0.2) is 38.8 Å². The number of sulfone groups is 1. The summed E-state index contributed by atoms with van der Waals surface area (Å²) in [5.41, 5.74) is -4.64. The first kappa shape index (κ1) is 38.4. The third-order valence-corrected chi connectivity index (χ3v) is 10.7. The Balaban J connectivity index is 1.63. The van der Waals surface area contributed by atoms with Crippen molar-refractivity contribution in [1.82, 2.24) is 19.4 Å². The third kappa shape index (κ3) is 8.86. The summed E-state index contributed by atoms with van der Waals surface area (Å²) in [5.74, 6) is -1.11. The molecule has 1 amide bonds. The summed E-state index contributed by atoms with van der Waals surface area (Å²) < 4.78 is 74.6. The summed E-state index contributed by atoms with van der Waals surface area (Å²) in [6.07, 6.45) is -4.70. The van der Waals surface area contributed by atoms with Gasteiger partial charge in [0, 0.05) is 44.2 Å². The van der Waals surface area contributed by atoms with E-state index in [2.05, 4.69) is 4.98 Å². The van der Waals surface area contributed by atoms with E-state index in [4.69, 9.17) is 27.9 Å². The van der Waals surface area contributed by atoms with E-state index in [0.29, 0.717) is 23.6 Å². The van der Waals surface area contributed by atoms with E-state index >= 15 is 0 Å². The molecule has 3 aromatic rings. The number of ether oxygens (including phenoxy) is 1. The Morgan fingerprint density at radius 3 is 2.37 bits per heavy atom. The first-order valence-electron chi connectivity index (χ1n) is 15.4. The minimum Gasteiger partial charge on any atom is -0.460 e. The topological polar surface area (TPSA) is 139 Å². The number of nitrogens with one attached hydrogen (secondary N) is 1.